The molecule has 1 N–H and O–H groups in total. The molecule has 0 spiro atoms. The van der Waals surface area contributed by atoms with Gasteiger partial charge < -0.3 is 18.6 Å². The highest BCUT2D eigenvalue weighted by Gasteiger charge is 2.43. The van der Waals surface area contributed by atoms with Crippen molar-refractivity contribution in [1.82, 2.24) is 10.2 Å². The fraction of sp³-hybridized carbons (Fsp3) is 0.409. The lowest BCUT2D eigenvalue weighted by atomic mass is 9.84. The summed E-state index contributed by atoms with van der Waals surface area (Å²) in [7, 11) is 0.716. The van der Waals surface area contributed by atoms with Gasteiger partial charge in [-0.1, -0.05) is 17.7 Å². The van der Waals surface area contributed by atoms with Gasteiger partial charge in [-0.3, -0.25) is 10.1 Å². The van der Waals surface area contributed by atoms with Crippen LogP contribution >= 0.6 is 0 Å². The molecular weight excluding hydrogens is 420 g/mol. The molecule has 0 aliphatic carbocycles. The van der Waals surface area contributed by atoms with Crippen molar-refractivity contribution in [2.45, 2.75) is 37.2 Å². The number of likely N-dealkylation sites (N-methyl/N-ethyl adjacent to an activating group) is 1. The molecule has 1 fully saturated rings. The van der Waals surface area contributed by atoms with E-state index in [1.807, 2.05) is 6.92 Å². The average molecular weight is 447 g/mol. The van der Waals surface area contributed by atoms with Crippen LogP contribution in [0.15, 0.2) is 29.2 Å². The number of hydrogen-bond donors (Lipinski definition) is 1. The van der Waals surface area contributed by atoms with Crippen LogP contribution in [0.2, 0.25) is 0 Å². The number of amides is 1. The summed E-state index contributed by atoms with van der Waals surface area (Å²) in [5.41, 5.74) is 2.87. The molecule has 4 rings (SSSR count). The zero-order valence-corrected chi connectivity index (χ0v) is 19.0. The van der Waals surface area contributed by atoms with E-state index in [1.54, 1.807) is 38.1 Å². The quantitative estimate of drug-likeness (QED) is 0.703. The molecule has 2 bridgehead atoms. The zero-order valence-electron chi connectivity index (χ0n) is 18.2. The largest absolute Gasteiger partial charge is 0.492 e. The van der Waals surface area contributed by atoms with Gasteiger partial charge in [-0.25, -0.2) is 0 Å². The Kier molecular flexibility index (Phi) is 5.35. The zero-order chi connectivity index (χ0) is 22.5. The fourth-order valence-electron chi connectivity index (χ4n) is 4.40. The second kappa shape index (κ2) is 7.72. The van der Waals surface area contributed by atoms with Gasteiger partial charge >= 0.3 is 10.1 Å². The first-order chi connectivity index (χ1) is 14.7. The topological polar surface area (TPSA) is 94.2 Å². The highest BCUT2D eigenvalue weighted by Crippen LogP contribution is 2.49. The van der Waals surface area contributed by atoms with Gasteiger partial charge in [0.05, 0.1) is 26.3 Å². The molecule has 9 heteroatoms. The average Bonchev–Trinajstić information content (AvgIpc) is 2.74. The number of carbonyl (C=O) groups excluding carboxylic acids is 1. The number of fused-ring (bicyclic) bond motifs is 4. The third-order valence-electron chi connectivity index (χ3n) is 5.93. The predicted molar refractivity (Wildman–Crippen MR) is 114 cm³/mol. The molecule has 1 saturated heterocycles. The molecule has 2 heterocycles. The van der Waals surface area contributed by atoms with Crippen molar-refractivity contribution >= 4 is 16.0 Å². The molecule has 166 valence electrons. The maximum Gasteiger partial charge on any atom is 0.339 e. The molecule has 2 aromatic carbocycles. The Labute approximate surface area is 182 Å². The van der Waals surface area contributed by atoms with E-state index >= 15 is 0 Å². The fourth-order valence-corrected chi connectivity index (χ4v) is 5.41. The number of carbonyl (C=O) groups is 1. The molecule has 0 radical (unpaired) electrons. The predicted octanol–water partition coefficient (Wildman–Crippen LogP) is 2.12. The minimum absolute atomic E-state index is 0.0401. The maximum absolute atomic E-state index is 13.1. The summed E-state index contributed by atoms with van der Waals surface area (Å²) < 4.78 is 43.1. The van der Waals surface area contributed by atoms with Crippen molar-refractivity contribution in [1.29, 1.82) is 0 Å². The van der Waals surface area contributed by atoms with Crippen LogP contribution in [0, 0.1) is 13.8 Å². The van der Waals surface area contributed by atoms with Crippen LogP contribution in [0.5, 0.6) is 17.2 Å². The first kappa shape index (κ1) is 21.5. The Morgan fingerprint density at radius 3 is 2.26 bits per heavy atom. The molecule has 8 nitrogen and oxygen atoms in total. The number of aryl methyl sites for hydroxylation is 1. The third-order valence-corrected chi connectivity index (χ3v) is 7.17. The van der Waals surface area contributed by atoms with Crippen molar-refractivity contribution in [2.24, 2.45) is 0 Å². The Bertz CT molecular complexity index is 1140. The number of nitrogens with zero attached hydrogens (tertiary/aromatic N) is 1. The van der Waals surface area contributed by atoms with E-state index in [1.165, 1.54) is 19.2 Å². The summed E-state index contributed by atoms with van der Waals surface area (Å²) in [5.74, 6) is 1.09. The molecule has 31 heavy (non-hydrogen) atoms. The highest BCUT2D eigenvalue weighted by molar-refractivity contribution is 7.87. The lowest BCUT2D eigenvalue weighted by Gasteiger charge is -2.42. The van der Waals surface area contributed by atoms with Crippen LogP contribution < -0.4 is 19.0 Å². The van der Waals surface area contributed by atoms with Crippen LogP contribution in [-0.2, 0) is 21.3 Å². The van der Waals surface area contributed by atoms with Gasteiger partial charge in [-0.2, -0.15) is 8.42 Å². The van der Waals surface area contributed by atoms with Crippen LogP contribution in [0.4, 0.5) is 0 Å². The van der Waals surface area contributed by atoms with Gasteiger partial charge in [0.1, 0.15) is 4.90 Å². The van der Waals surface area contributed by atoms with E-state index in [9.17, 15) is 13.2 Å². The number of nitrogens with one attached hydrogen (secondary N) is 1. The van der Waals surface area contributed by atoms with Crippen LogP contribution in [-0.4, -0.2) is 53.1 Å². The maximum atomic E-state index is 13.1. The monoisotopic (exact) mass is 446 g/mol. The molecule has 2 atom stereocenters. The lowest BCUT2D eigenvalue weighted by molar-refractivity contribution is -0.135. The van der Waals surface area contributed by atoms with E-state index in [0.29, 0.717) is 29.2 Å². The van der Waals surface area contributed by atoms with E-state index < -0.39 is 16.2 Å². The first-order valence-corrected chi connectivity index (χ1v) is 11.4. The number of methoxy groups -OCH3 is 2. The Hall–Kier alpha value is -2.78. The molecule has 2 aromatic rings. The molecule has 2 aliphatic heterocycles. The van der Waals surface area contributed by atoms with Crippen molar-refractivity contribution in [2.75, 3.05) is 27.8 Å². The Morgan fingerprint density at radius 2 is 1.65 bits per heavy atom. The molecule has 2 aliphatic rings. The minimum atomic E-state index is -4.09. The second-order valence-corrected chi connectivity index (χ2v) is 9.50. The molecule has 1 amide bonds. The van der Waals surface area contributed by atoms with E-state index in [4.69, 9.17) is 13.7 Å². The SMILES string of the molecule is COc1c(C)c(OS(=O)(=O)c2ccc(C)cc2)c2c(c1OC)C1CN(C)C(=O)C(C2)N1. The van der Waals surface area contributed by atoms with Crippen LogP contribution in [0.1, 0.15) is 28.3 Å². The normalized spacial score (nSPS) is 20.3. The first-order valence-electron chi connectivity index (χ1n) is 9.97. The van der Waals surface area contributed by atoms with Crippen LogP contribution in [0.3, 0.4) is 0 Å². The lowest BCUT2D eigenvalue weighted by Crippen LogP contribution is -2.58. The minimum Gasteiger partial charge on any atom is -0.492 e. The van der Waals surface area contributed by atoms with E-state index in [-0.39, 0.29) is 29.0 Å². The third kappa shape index (κ3) is 3.51. The Balaban J connectivity index is 1.90. The number of benzene rings is 2. The summed E-state index contributed by atoms with van der Waals surface area (Å²) in [6.45, 7) is 4.04. The number of hydrogen-bond acceptors (Lipinski definition) is 7. The Morgan fingerprint density at radius 1 is 1.00 bits per heavy atom. The van der Waals surface area contributed by atoms with Gasteiger partial charge in [-0.15, -0.1) is 0 Å². The number of rotatable bonds is 5. The van der Waals surface area contributed by atoms with Gasteiger partial charge in [0.2, 0.25) is 5.91 Å². The van der Waals surface area contributed by atoms with E-state index in [2.05, 4.69) is 5.32 Å². The molecular formula is C22H26N2O6S. The van der Waals surface area contributed by atoms with Gasteiger partial charge in [0.25, 0.3) is 0 Å². The number of ether oxygens (including phenoxy) is 2. The van der Waals surface area contributed by atoms with Crippen molar-refractivity contribution in [3.63, 3.8) is 0 Å². The summed E-state index contributed by atoms with van der Waals surface area (Å²) in [5, 5.41) is 3.33. The van der Waals surface area contributed by atoms with E-state index in [0.717, 1.165) is 11.1 Å². The second-order valence-electron chi connectivity index (χ2n) is 7.96. The summed E-state index contributed by atoms with van der Waals surface area (Å²) >= 11 is 0. The van der Waals surface area contributed by atoms with Gasteiger partial charge in [0.15, 0.2) is 17.2 Å². The standard InChI is InChI=1S/C22H26N2O6S/c1-12-6-8-14(9-7-12)31(26,27)30-19-13(2)20(28-4)21(29-5)18-15(19)10-16-22(25)24(3)11-17(18)23-16/h6-9,16-17,23H,10-11H2,1-5H3. The van der Waals surface area contributed by atoms with Gasteiger partial charge in [0, 0.05) is 36.7 Å². The summed E-state index contributed by atoms with van der Waals surface area (Å²) in [6, 6.07) is 5.78. The molecule has 0 saturated carbocycles. The molecule has 2 unspecified atom stereocenters. The van der Waals surface area contributed by atoms with Crippen molar-refractivity contribution in [3.8, 4) is 17.2 Å². The van der Waals surface area contributed by atoms with Gasteiger partial charge in [-0.05, 0) is 26.0 Å². The highest BCUT2D eigenvalue weighted by atomic mass is 32.2. The molecule has 0 aromatic heterocycles. The van der Waals surface area contributed by atoms with Crippen molar-refractivity contribution in [3.05, 3.63) is 46.5 Å². The van der Waals surface area contributed by atoms with Crippen LogP contribution in [0.25, 0.3) is 0 Å². The smallest absolute Gasteiger partial charge is 0.339 e. The summed E-state index contributed by atoms with van der Waals surface area (Å²) in [6.07, 6.45) is 0.287. The summed E-state index contributed by atoms with van der Waals surface area (Å²) in [4.78, 5) is 14.3. The number of piperazine rings is 1. The van der Waals surface area contributed by atoms with Crippen molar-refractivity contribution < 1.29 is 26.9 Å².